The predicted octanol–water partition coefficient (Wildman–Crippen LogP) is 1.13. The number of carboxylic acids is 1. The molecule has 1 N–H and O–H groups in total. The minimum Gasteiger partial charge on any atom is -0.476 e. The molecule has 0 aliphatic heterocycles. The molecular weight excluding hydrogens is 262 g/mol. The van der Waals surface area contributed by atoms with Gasteiger partial charge in [-0.05, 0) is 12.1 Å². The van der Waals surface area contributed by atoms with Crippen LogP contribution in [-0.2, 0) is 6.54 Å². The van der Waals surface area contributed by atoms with Crippen LogP contribution in [0.3, 0.4) is 0 Å². The molecule has 0 fully saturated rings. The Morgan fingerprint density at radius 3 is 2.90 bits per heavy atom. The number of para-hydroxylation sites is 2. The van der Waals surface area contributed by atoms with E-state index in [4.69, 9.17) is 9.63 Å². The van der Waals surface area contributed by atoms with Gasteiger partial charge in [0.15, 0.2) is 11.5 Å². The van der Waals surface area contributed by atoms with Crippen molar-refractivity contribution in [3.05, 3.63) is 58.3 Å². The second-order valence-corrected chi connectivity index (χ2v) is 4.15. The maximum absolute atomic E-state index is 11.9. The maximum Gasteiger partial charge on any atom is 0.358 e. The first-order valence-electron chi connectivity index (χ1n) is 5.78. The first-order valence-corrected chi connectivity index (χ1v) is 5.78. The van der Waals surface area contributed by atoms with E-state index in [9.17, 15) is 9.59 Å². The van der Waals surface area contributed by atoms with Gasteiger partial charge >= 0.3 is 5.97 Å². The lowest BCUT2D eigenvalue weighted by Crippen LogP contribution is -2.20. The molecule has 0 aliphatic carbocycles. The van der Waals surface area contributed by atoms with Crippen molar-refractivity contribution < 1.29 is 14.4 Å². The molecule has 0 spiro atoms. The van der Waals surface area contributed by atoms with E-state index in [-0.39, 0.29) is 17.8 Å². The molecule has 2 aromatic heterocycles. The van der Waals surface area contributed by atoms with E-state index in [1.165, 1.54) is 16.8 Å². The molecule has 0 unspecified atom stereocenters. The summed E-state index contributed by atoms with van der Waals surface area (Å²) in [4.78, 5) is 26.7. The monoisotopic (exact) mass is 271 g/mol. The molecule has 0 bridgehead atoms. The molecule has 0 saturated heterocycles. The molecule has 3 rings (SSSR count). The highest BCUT2D eigenvalue weighted by atomic mass is 16.5. The maximum atomic E-state index is 11.9. The van der Waals surface area contributed by atoms with E-state index in [0.29, 0.717) is 16.8 Å². The van der Waals surface area contributed by atoms with Crippen molar-refractivity contribution in [3.63, 3.8) is 0 Å². The Morgan fingerprint density at radius 2 is 2.15 bits per heavy atom. The highest BCUT2D eigenvalue weighted by Crippen LogP contribution is 2.11. The summed E-state index contributed by atoms with van der Waals surface area (Å²) in [5.74, 6) is -0.882. The van der Waals surface area contributed by atoms with Crippen LogP contribution in [0.1, 0.15) is 16.2 Å². The third-order valence-corrected chi connectivity index (χ3v) is 2.84. The lowest BCUT2D eigenvalue weighted by atomic mass is 10.3. The van der Waals surface area contributed by atoms with Crippen molar-refractivity contribution in [1.82, 2.24) is 14.7 Å². The molecule has 7 nitrogen and oxygen atoms in total. The number of benzene rings is 1. The minimum absolute atomic E-state index is 0.0994. The van der Waals surface area contributed by atoms with Crippen molar-refractivity contribution in [2.75, 3.05) is 0 Å². The van der Waals surface area contributed by atoms with E-state index in [0.717, 1.165) is 0 Å². The lowest BCUT2D eigenvalue weighted by Gasteiger charge is -2.06. The average Bonchev–Trinajstić information content (AvgIpc) is 2.91. The molecule has 2 heterocycles. The van der Waals surface area contributed by atoms with Crippen molar-refractivity contribution in [3.8, 4) is 0 Å². The van der Waals surface area contributed by atoms with Crippen LogP contribution in [0.2, 0.25) is 0 Å². The fourth-order valence-corrected chi connectivity index (χ4v) is 1.92. The zero-order valence-corrected chi connectivity index (χ0v) is 10.2. The SMILES string of the molecule is O=C(O)c1cc(Cn2c(=O)cnc3ccccc32)on1. The summed E-state index contributed by atoms with van der Waals surface area (Å²) in [6, 6.07) is 8.46. The summed E-state index contributed by atoms with van der Waals surface area (Å²) in [6.07, 6.45) is 1.22. The Kier molecular flexibility index (Phi) is 2.79. The molecule has 0 aliphatic rings. The van der Waals surface area contributed by atoms with Gasteiger partial charge in [-0.3, -0.25) is 9.36 Å². The molecule has 3 aromatic rings. The molecule has 0 saturated carbocycles. The summed E-state index contributed by atoms with van der Waals surface area (Å²) in [5, 5.41) is 12.2. The van der Waals surface area contributed by atoms with Crippen molar-refractivity contribution in [2.45, 2.75) is 6.54 Å². The first-order chi connectivity index (χ1) is 9.65. The van der Waals surface area contributed by atoms with Gasteiger partial charge in [-0.1, -0.05) is 17.3 Å². The van der Waals surface area contributed by atoms with Gasteiger partial charge in [0, 0.05) is 6.07 Å². The van der Waals surface area contributed by atoms with Crippen LogP contribution in [0.25, 0.3) is 11.0 Å². The van der Waals surface area contributed by atoms with Gasteiger partial charge < -0.3 is 9.63 Å². The molecule has 0 atom stereocenters. The molecule has 7 heteroatoms. The number of fused-ring (bicyclic) bond motifs is 1. The highest BCUT2D eigenvalue weighted by molar-refractivity contribution is 5.85. The first kappa shape index (κ1) is 12.1. The quantitative estimate of drug-likeness (QED) is 0.766. The average molecular weight is 271 g/mol. The standard InChI is InChI=1S/C13H9N3O4/c17-12-6-14-9-3-1-2-4-11(9)16(12)7-8-5-10(13(18)19)15-20-8/h1-6H,7H2,(H,18,19). The Bertz CT molecular complexity index is 850. The second kappa shape index (κ2) is 4.61. The number of aromatic nitrogens is 3. The Hall–Kier alpha value is -2.96. The summed E-state index contributed by atoms with van der Waals surface area (Å²) in [7, 11) is 0. The van der Waals surface area contributed by atoms with E-state index < -0.39 is 5.97 Å². The van der Waals surface area contributed by atoms with Crippen LogP contribution in [0.4, 0.5) is 0 Å². The van der Waals surface area contributed by atoms with E-state index in [2.05, 4.69) is 10.1 Å². The van der Waals surface area contributed by atoms with Gasteiger partial charge in [0.1, 0.15) is 0 Å². The highest BCUT2D eigenvalue weighted by Gasteiger charge is 2.12. The van der Waals surface area contributed by atoms with Crippen LogP contribution >= 0.6 is 0 Å². The number of nitrogens with zero attached hydrogens (tertiary/aromatic N) is 3. The van der Waals surface area contributed by atoms with Gasteiger partial charge in [-0.25, -0.2) is 9.78 Å². The topological polar surface area (TPSA) is 98.2 Å². The summed E-state index contributed by atoms with van der Waals surface area (Å²) >= 11 is 0. The fraction of sp³-hybridized carbons (Fsp3) is 0.0769. The van der Waals surface area contributed by atoms with Gasteiger partial charge in [-0.2, -0.15) is 0 Å². The second-order valence-electron chi connectivity index (χ2n) is 4.15. The summed E-state index contributed by atoms with van der Waals surface area (Å²) < 4.78 is 6.38. The Labute approximate surface area is 112 Å². The molecule has 20 heavy (non-hydrogen) atoms. The van der Waals surface area contributed by atoms with Crippen LogP contribution < -0.4 is 5.56 Å². The van der Waals surface area contributed by atoms with Crippen molar-refractivity contribution in [1.29, 1.82) is 0 Å². The number of hydrogen-bond acceptors (Lipinski definition) is 5. The summed E-state index contributed by atoms with van der Waals surface area (Å²) in [6.45, 7) is 0.0994. The lowest BCUT2D eigenvalue weighted by molar-refractivity contribution is 0.0685. The molecule has 0 radical (unpaired) electrons. The largest absolute Gasteiger partial charge is 0.476 e. The van der Waals surface area contributed by atoms with Gasteiger partial charge in [0.2, 0.25) is 0 Å². The Morgan fingerprint density at radius 1 is 1.35 bits per heavy atom. The zero-order chi connectivity index (χ0) is 14.1. The zero-order valence-electron chi connectivity index (χ0n) is 10.2. The number of aromatic carboxylic acids is 1. The third kappa shape index (κ3) is 2.05. The number of carboxylic acid groups (broad SMARTS) is 1. The van der Waals surface area contributed by atoms with Gasteiger partial charge in [0.05, 0.1) is 23.8 Å². The normalized spacial score (nSPS) is 10.8. The van der Waals surface area contributed by atoms with Crippen molar-refractivity contribution >= 4 is 17.0 Å². The molecule has 1 aromatic carbocycles. The number of carbonyl (C=O) groups is 1. The number of rotatable bonds is 3. The summed E-state index contributed by atoms with van der Waals surface area (Å²) in [5.41, 5.74) is 0.835. The molecular formula is C13H9N3O4. The smallest absolute Gasteiger partial charge is 0.358 e. The van der Waals surface area contributed by atoms with E-state index >= 15 is 0 Å². The fourth-order valence-electron chi connectivity index (χ4n) is 1.92. The van der Waals surface area contributed by atoms with Crippen LogP contribution in [0.15, 0.2) is 45.8 Å². The predicted molar refractivity (Wildman–Crippen MR) is 68.6 cm³/mol. The van der Waals surface area contributed by atoms with E-state index in [1.54, 1.807) is 18.2 Å². The molecule has 100 valence electrons. The third-order valence-electron chi connectivity index (χ3n) is 2.84. The van der Waals surface area contributed by atoms with Crippen LogP contribution in [-0.4, -0.2) is 25.8 Å². The van der Waals surface area contributed by atoms with Gasteiger partial charge in [-0.15, -0.1) is 0 Å². The van der Waals surface area contributed by atoms with Gasteiger partial charge in [0.25, 0.3) is 5.56 Å². The Balaban J connectivity index is 2.07. The number of hydrogen-bond donors (Lipinski definition) is 1. The van der Waals surface area contributed by atoms with Crippen LogP contribution in [0, 0.1) is 0 Å². The van der Waals surface area contributed by atoms with Crippen LogP contribution in [0.5, 0.6) is 0 Å². The minimum atomic E-state index is -1.17. The van der Waals surface area contributed by atoms with E-state index in [1.807, 2.05) is 6.07 Å². The van der Waals surface area contributed by atoms with Crippen molar-refractivity contribution in [2.24, 2.45) is 0 Å². The molecule has 0 amide bonds.